The molecule has 0 bridgehead atoms. The Kier molecular flexibility index (Phi) is 4.38. The summed E-state index contributed by atoms with van der Waals surface area (Å²) in [4.78, 5) is 15.1. The number of aromatic carboxylic acids is 1. The summed E-state index contributed by atoms with van der Waals surface area (Å²) >= 11 is 17.9. The van der Waals surface area contributed by atoms with Crippen LogP contribution in [0.3, 0.4) is 0 Å². The first kappa shape index (κ1) is 14.9. The van der Waals surface area contributed by atoms with E-state index < -0.39 is 5.97 Å². The van der Waals surface area contributed by atoms with Crippen molar-refractivity contribution in [3.63, 3.8) is 0 Å². The molecule has 0 saturated heterocycles. The number of halogens is 3. The summed E-state index contributed by atoms with van der Waals surface area (Å²) in [5.74, 6) is -1.12. The molecule has 0 amide bonds. The molecule has 0 aliphatic carbocycles. The molecule has 0 atom stereocenters. The number of methoxy groups -OCH3 is 1. The molecule has 1 N–H and O–H groups in total. The summed E-state index contributed by atoms with van der Waals surface area (Å²) in [7, 11) is 1.35. The Morgan fingerprint density at radius 2 is 1.95 bits per heavy atom. The topological polar surface area (TPSA) is 59.4 Å². The lowest BCUT2D eigenvalue weighted by Crippen LogP contribution is -2.02. The number of carboxylic acids is 1. The van der Waals surface area contributed by atoms with Gasteiger partial charge in [0.1, 0.15) is 5.56 Å². The van der Waals surface area contributed by atoms with E-state index in [0.29, 0.717) is 16.1 Å². The second-order valence-corrected chi connectivity index (χ2v) is 4.97. The van der Waals surface area contributed by atoms with Gasteiger partial charge in [-0.3, -0.25) is 0 Å². The maximum absolute atomic E-state index is 11.2. The number of aromatic nitrogens is 1. The lowest BCUT2D eigenvalue weighted by molar-refractivity contribution is 0.0692. The normalized spacial score (nSPS) is 10.4. The van der Waals surface area contributed by atoms with Gasteiger partial charge in [0.2, 0.25) is 5.88 Å². The predicted octanol–water partition coefficient (Wildman–Crippen LogP) is 4.42. The van der Waals surface area contributed by atoms with E-state index in [-0.39, 0.29) is 21.5 Å². The molecule has 1 aromatic heterocycles. The maximum Gasteiger partial charge on any atom is 0.341 e. The highest BCUT2D eigenvalue weighted by Crippen LogP contribution is 2.38. The third-order valence-corrected chi connectivity index (χ3v) is 3.91. The van der Waals surface area contributed by atoms with Crippen LogP contribution in [0.25, 0.3) is 11.1 Å². The number of carboxylic acid groups (broad SMARTS) is 1. The van der Waals surface area contributed by atoms with Crippen LogP contribution in [0.5, 0.6) is 5.88 Å². The van der Waals surface area contributed by atoms with Crippen LogP contribution in [-0.4, -0.2) is 23.2 Å². The minimum Gasteiger partial charge on any atom is -0.480 e. The van der Waals surface area contributed by atoms with Crippen LogP contribution in [0, 0.1) is 0 Å². The molecule has 0 radical (unpaired) electrons. The molecule has 0 aliphatic rings. The van der Waals surface area contributed by atoms with Crippen molar-refractivity contribution >= 4 is 40.8 Å². The molecule has 0 saturated carbocycles. The highest BCUT2D eigenvalue weighted by molar-refractivity contribution is 6.49. The lowest BCUT2D eigenvalue weighted by Gasteiger charge is -2.09. The standard InChI is InChI=1S/C13H8Cl3NO3/c1-20-12-8(13(18)19)4-6(5-17-12)7-2-3-9(14)11(16)10(7)15/h2-5H,1H3,(H,18,19). The van der Waals surface area contributed by atoms with Gasteiger partial charge < -0.3 is 9.84 Å². The Hall–Kier alpha value is -1.49. The van der Waals surface area contributed by atoms with E-state index in [4.69, 9.17) is 44.6 Å². The van der Waals surface area contributed by atoms with E-state index in [1.165, 1.54) is 19.4 Å². The molecule has 20 heavy (non-hydrogen) atoms. The van der Waals surface area contributed by atoms with Gasteiger partial charge in [-0.25, -0.2) is 9.78 Å². The van der Waals surface area contributed by atoms with Crippen molar-refractivity contribution in [1.29, 1.82) is 0 Å². The SMILES string of the molecule is COc1ncc(-c2ccc(Cl)c(Cl)c2Cl)cc1C(=O)O. The Morgan fingerprint density at radius 1 is 1.25 bits per heavy atom. The van der Waals surface area contributed by atoms with Crippen molar-refractivity contribution in [2.24, 2.45) is 0 Å². The fourth-order valence-corrected chi connectivity index (χ4v) is 2.31. The van der Waals surface area contributed by atoms with Crippen LogP contribution in [0.1, 0.15) is 10.4 Å². The van der Waals surface area contributed by atoms with Crippen LogP contribution in [0.15, 0.2) is 24.4 Å². The smallest absolute Gasteiger partial charge is 0.341 e. The van der Waals surface area contributed by atoms with Gasteiger partial charge in [0.05, 0.1) is 22.2 Å². The zero-order valence-corrected chi connectivity index (χ0v) is 12.4. The number of hydrogen-bond donors (Lipinski definition) is 1. The molecule has 0 aliphatic heterocycles. The number of nitrogens with zero attached hydrogens (tertiary/aromatic N) is 1. The van der Waals surface area contributed by atoms with Crippen LogP contribution >= 0.6 is 34.8 Å². The summed E-state index contributed by atoms with van der Waals surface area (Å²) in [6.07, 6.45) is 1.46. The number of hydrogen-bond acceptors (Lipinski definition) is 3. The van der Waals surface area contributed by atoms with Gasteiger partial charge in [-0.15, -0.1) is 0 Å². The van der Waals surface area contributed by atoms with Gasteiger partial charge in [0, 0.05) is 17.3 Å². The summed E-state index contributed by atoms with van der Waals surface area (Å²) in [6.45, 7) is 0. The van der Waals surface area contributed by atoms with Crippen molar-refractivity contribution in [1.82, 2.24) is 4.98 Å². The third-order valence-electron chi connectivity index (χ3n) is 2.62. The molecular formula is C13H8Cl3NO3. The second kappa shape index (κ2) is 5.87. The number of rotatable bonds is 3. The first-order valence-corrected chi connectivity index (χ1v) is 6.50. The molecule has 0 fully saturated rings. The highest BCUT2D eigenvalue weighted by Gasteiger charge is 2.16. The van der Waals surface area contributed by atoms with E-state index in [1.807, 2.05) is 0 Å². The zero-order chi connectivity index (χ0) is 14.9. The Morgan fingerprint density at radius 3 is 2.55 bits per heavy atom. The quantitative estimate of drug-likeness (QED) is 0.845. The number of ether oxygens (including phenoxy) is 1. The van der Waals surface area contributed by atoms with Crippen LogP contribution in [-0.2, 0) is 0 Å². The minimum absolute atomic E-state index is 0.0254. The van der Waals surface area contributed by atoms with E-state index in [1.54, 1.807) is 12.1 Å². The fourth-order valence-electron chi connectivity index (χ4n) is 1.66. The first-order chi connectivity index (χ1) is 9.45. The van der Waals surface area contributed by atoms with Gasteiger partial charge in [-0.05, 0) is 12.1 Å². The van der Waals surface area contributed by atoms with Crippen molar-refractivity contribution in [3.8, 4) is 17.0 Å². The van der Waals surface area contributed by atoms with Crippen molar-refractivity contribution in [3.05, 3.63) is 45.0 Å². The molecule has 1 aromatic carbocycles. The van der Waals surface area contributed by atoms with Gasteiger partial charge in [0.15, 0.2) is 0 Å². The number of pyridine rings is 1. The van der Waals surface area contributed by atoms with Gasteiger partial charge in [-0.1, -0.05) is 40.9 Å². The number of benzene rings is 1. The molecule has 1 heterocycles. The van der Waals surface area contributed by atoms with E-state index in [2.05, 4.69) is 4.98 Å². The van der Waals surface area contributed by atoms with E-state index >= 15 is 0 Å². The van der Waals surface area contributed by atoms with Crippen LogP contribution in [0.2, 0.25) is 15.1 Å². The Bertz CT molecular complexity index is 689. The summed E-state index contributed by atoms with van der Waals surface area (Å²) in [6, 6.07) is 4.64. The maximum atomic E-state index is 11.2. The van der Waals surface area contributed by atoms with E-state index in [9.17, 15) is 4.79 Å². The fraction of sp³-hybridized carbons (Fsp3) is 0.0769. The zero-order valence-electron chi connectivity index (χ0n) is 10.2. The molecule has 104 valence electrons. The van der Waals surface area contributed by atoms with Gasteiger partial charge in [-0.2, -0.15) is 0 Å². The second-order valence-electron chi connectivity index (χ2n) is 3.81. The van der Waals surface area contributed by atoms with E-state index in [0.717, 1.165) is 0 Å². The molecule has 2 rings (SSSR count). The largest absolute Gasteiger partial charge is 0.480 e. The monoisotopic (exact) mass is 331 g/mol. The molecule has 0 spiro atoms. The summed E-state index contributed by atoms with van der Waals surface area (Å²) < 4.78 is 4.90. The highest BCUT2D eigenvalue weighted by atomic mass is 35.5. The van der Waals surface area contributed by atoms with Crippen LogP contribution < -0.4 is 4.74 Å². The van der Waals surface area contributed by atoms with Crippen molar-refractivity contribution in [2.45, 2.75) is 0 Å². The number of carbonyl (C=O) groups is 1. The van der Waals surface area contributed by atoms with Crippen molar-refractivity contribution < 1.29 is 14.6 Å². The Balaban J connectivity index is 2.62. The Labute approximate surface area is 129 Å². The molecule has 2 aromatic rings. The first-order valence-electron chi connectivity index (χ1n) is 5.37. The molecule has 4 nitrogen and oxygen atoms in total. The lowest BCUT2D eigenvalue weighted by atomic mass is 10.1. The summed E-state index contributed by atoms with van der Waals surface area (Å²) in [5.41, 5.74) is 0.984. The molecule has 7 heteroatoms. The average molecular weight is 333 g/mol. The predicted molar refractivity (Wildman–Crippen MR) is 78.2 cm³/mol. The van der Waals surface area contributed by atoms with Crippen LogP contribution in [0.4, 0.5) is 0 Å². The minimum atomic E-state index is -1.15. The summed E-state index contributed by atoms with van der Waals surface area (Å²) in [5, 5.41) is 9.90. The van der Waals surface area contributed by atoms with Gasteiger partial charge >= 0.3 is 5.97 Å². The molecular weight excluding hydrogens is 325 g/mol. The van der Waals surface area contributed by atoms with Gasteiger partial charge in [0.25, 0.3) is 0 Å². The third kappa shape index (κ3) is 2.68. The average Bonchev–Trinajstić information content (AvgIpc) is 2.44. The molecule has 0 unspecified atom stereocenters. The van der Waals surface area contributed by atoms with Crippen molar-refractivity contribution in [2.75, 3.05) is 7.11 Å².